The minimum atomic E-state index is 0.575. The van der Waals surface area contributed by atoms with Crippen LogP contribution in [0.15, 0.2) is 35.7 Å². The predicted octanol–water partition coefficient (Wildman–Crippen LogP) is 4.42. The lowest BCUT2D eigenvalue weighted by Crippen LogP contribution is -2.01. The van der Waals surface area contributed by atoms with E-state index < -0.39 is 0 Å². The number of rotatable bonds is 5. The van der Waals surface area contributed by atoms with E-state index in [0.717, 1.165) is 45.5 Å². The van der Waals surface area contributed by atoms with Gasteiger partial charge >= 0.3 is 0 Å². The van der Waals surface area contributed by atoms with Gasteiger partial charge in [-0.1, -0.05) is 24.2 Å². The number of aromatic nitrogens is 5. The molecule has 2 N–H and O–H groups in total. The lowest BCUT2D eigenvalue weighted by atomic mass is 10.1. The molecule has 154 valence electrons. The van der Waals surface area contributed by atoms with Gasteiger partial charge in [0.25, 0.3) is 0 Å². The van der Waals surface area contributed by atoms with Crippen LogP contribution in [0.2, 0.25) is 0 Å². The van der Waals surface area contributed by atoms with E-state index in [9.17, 15) is 0 Å². The van der Waals surface area contributed by atoms with Crippen LogP contribution < -0.4 is 10.5 Å². The van der Waals surface area contributed by atoms with Gasteiger partial charge in [0.2, 0.25) is 0 Å². The summed E-state index contributed by atoms with van der Waals surface area (Å²) in [5.74, 6) is 2.69. The van der Waals surface area contributed by atoms with Crippen molar-refractivity contribution < 1.29 is 4.74 Å². The van der Waals surface area contributed by atoms with Gasteiger partial charge in [-0.05, 0) is 43.4 Å². The van der Waals surface area contributed by atoms with Crippen LogP contribution in [0.3, 0.4) is 0 Å². The highest BCUT2D eigenvalue weighted by molar-refractivity contribution is 7.98. The third-order valence-electron chi connectivity index (χ3n) is 5.32. The number of benzene rings is 1. The molecule has 3 aromatic heterocycles. The van der Waals surface area contributed by atoms with Gasteiger partial charge in [-0.3, -0.25) is 4.57 Å². The van der Waals surface area contributed by atoms with E-state index in [1.54, 1.807) is 36.5 Å². The van der Waals surface area contributed by atoms with Gasteiger partial charge in [0.05, 0.1) is 23.9 Å². The van der Waals surface area contributed by atoms with Crippen LogP contribution in [0.25, 0.3) is 15.9 Å². The Morgan fingerprint density at radius 2 is 2.10 bits per heavy atom. The van der Waals surface area contributed by atoms with E-state index in [-0.39, 0.29) is 0 Å². The zero-order chi connectivity index (χ0) is 20.5. The Labute approximate surface area is 182 Å². The second-order valence-corrected chi connectivity index (χ2v) is 9.27. The monoisotopic (exact) mass is 438 g/mol. The van der Waals surface area contributed by atoms with Crippen molar-refractivity contribution in [2.75, 3.05) is 12.8 Å². The molecule has 0 amide bonds. The lowest BCUT2D eigenvalue weighted by molar-refractivity contribution is 0.414. The summed E-state index contributed by atoms with van der Waals surface area (Å²) in [6, 6.07) is 7.80. The van der Waals surface area contributed by atoms with Crippen molar-refractivity contribution in [3.8, 4) is 11.4 Å². The average Bonchev–Trinajstić information content (AvgIpc) is 3.30. The van der Waals surface area contributed by atoms with E-state index in [2.05, 4.69) is 15.2 Å². The molecule has 3 heterocycles. The fourth-order valence-electron chi connectivity index (χ4n) is 3.86. The van der Waals surface area contributed by atoms with E-state index in [1.807, 2.05) is 28.8 Å². The summed E-state index contributed by atoms with van der Waals surface area (Å²) in [5, 5.41) is 10.2. The van der Waals surface area contributed by atoms with E-state index in [0.29, 0.717) is 11.6 Å². The highest BCUT2D eigenvalue weighted by atomic mass is 32.2. The highest BCUT2D eigenvalue weighted by Crippen LogP contribution is 2.37. The number of thioether (sulfide) groups is 1. The first-order valence-electron chi connectivity index (χ1n) is 9.97. The molecule has 30 heavy (non-hydrogen) atoms. The lowest BCUT2D eigenvalue weighted by Gasteiger charge is -2.08. The number of thiophene rings is 1. The molecule has 0 saturated heterocycles. The van der Waals surface area contributed by atoms with Crippen LogP contribution in [0.1, 0.15) is 35.5 Å². The van der Waals surface area contributed by atoms with Crippen LogP contribution in [-0.2, 0) is 18.6 Å². The quantitative estimate of drug-likeness (QED) is 0.364. The maximum atomic E-state index is 6.38. The molecular weight excluding hydrogens is 416 g/mol. The molecule has 0 aliphatic heterocycles. The van der Waals surface area contributed by atoms with Gasteiger partial charge in [0.15, 0.2) is 5.16 Å². The molecule has 4 aromatic rings. The summed E-state index contributed by atoms with van der Waals surface area (Å²) < 4.78 is 7.26. The number of methoxy groups -OCH3 is 1. The van der Waals surface area contributed by atoms with E-state index in [4.69, 9.17) is 15.5 Å². The van der Waals surface area contributed by atoms with Crippen molar-refractivity contribution in [3.05, 3.63) is 46.9 Å². The molecule has 9 heteroatoms. The van der Waals surface area contributed by atoms with Crippen LogP contribution in [-0.4, -0.2) is 31.8 Å². The molecular formula is C21H22N6OS2. The number of hydrogen-bond acceptors (Lipinski definition) is 8. The van der Waals surface area contributed by atoms with Crippen molar-refractivity contribution in [1.29, 1.82) is 0 Å². The fourth-order valence-corrected chi connectivity index (χ4v) is 5.93. The standard InChI is InChI=1S/C21H22N6OS2/c1-28-14-7-5-6-13(10-14)27-12-23-26-21(27)29-11-17-24-19(22)18-15-8-3-2-4-9-16(15)30-20(18)25-17/h5-7,10,12H,2-4,8-9,11H2,1H3,(H2,22,24,25). The SMILES string of the molecule is COc1cccc(-n2cnnc2SCc2nc(N)c3c4c(sc3n2)CCCCC4)c1. The van der Waals surface area contributed by atoms with Gasteiger partial charge in [-0.15, -0.1) is 21.5 Å². The second-order valence-electron chi connectivity index (χ2n) is 7.24. The van der Waals surface area contributed by atoms with Gasteiger partial charge in [0.1, 0.15) is 28.5 Å². The van der Waals surface area contributed by atoms with Gasteiger partial charge in [-0.2, -0.15) is 0 Å². The van der Waals surface area contributed by atoms with E-state index >= 15 is 0 Å². The van der Waals surface area contributed by atoms with Crippen LogP contribution in [0.5, 0.6) is 5.75 Å². The molecule has 0 fully saturated rings. The molecule has 0 unspecified atom stereocenters. The number of nitrogens with two attached hydrogens (primary N) is 1. The fraction of sp³-hybridized carbons (Fsp3) is 0.333. The Balaban J connectivity index is 1.40. The van der Waals surface area contributed by atoms with E-state index in [1.165, 1.54) is 29.7 Å². The van der Waals surface area contributed by atoms with Gasteiger partial charge < -0.3 is 10.5 Å². The topological polar surface area (TPSA) is 91.7 Å². The molecule has 1 aliphatic rings. The number of nitrogen functional groups attached to an aromatic ring is 1. The number of fused-ring (bicyclic) bond motifs is 3. The normalized spacial score (nSPS) is 13.9. The van der Waals surface area contributed by atoms with Gasteiger partial charge in [0, 0.05) is 10.9 Å². The number of hydrogen-bond donors (Lipinski definition) is 1. The number of nitrogens with zero attached hydrogens (tertiary/aromatic N) is 5. The molecule has 1 aromatic carbocycles. The molecule has 5 rings (SSSR count). The zero-order valence-corrected chi connectivity index (χ0v) is 18.3. The van der Waals surface area contributed by atoms with Crippen molar-refractivity contribution in [1.82, 2.24) is 24.7 Å². The zero-order valence-electron chi connectivity index (χ0n) is 16.7. The largest absolute Gasteiger partial charge is 0.497 e. The Kier molecular flexibility index (Phi) is 5.30. The first-order chi connectivity index (χ1) is 14.7. The second kappa shape index (κ2) is 8.23. The molecule has 7 nitrogen and oxygen atoms in total. The molecule has 0 bridgehead atoms. The number of aryl methyl sites for hydroxylation is 2. The Bertz CT molecular complexity index is 1200. The average molecular weight is 439 g/mol. The molecule has 0 spiro atoms. The maximum absolute atomic E-state index is 6.38. The summed E-state index contributed by atoms with van der Waals surface area (Å²) in [6.07, 6.45) is 7.66. The summed E-state index contributed by atoms with van der Waals surface area (Å²) in [6.45, 7) is 0. The van der Waals surface area contributed by atoms with Gasteiger partial charge in [-0.25, -0.2) is 9.97 Å². The Morgan fingerprint density at radius 3 is 3.00 bits per heavy atom. The summed E-state index contributed by atoms with van der Waals surface area (Å²) in [4.78, 5) is 11.9. The van der Waals surface area contributed by atoms with Crippen molar-refractivity contribution >= 4 is 39.1 Å². The van der Waals surface area contributed by atoms with Crippen molar-refractivity contribution in [2.24, 2.45) is 0 Å². The minimum Gasteiger partial charge on any atom is -0.497 e. The number of anilines is 1. The third-order valence-corrected chi connectivity index (χ3v) is 7.44. The van der Waals surface area contributed by atoms with Crippen LogP contribution >= 0.6 is 23.1 Å². The smallest absolute Gasteiger partial charge is 0.196 e. The molecule has 0 saturated carbocycles. The highest BCUT2D eigenvalue weighted by Gasteiger charge is 2.19. The number of ether oxygens (including phenoxy) is 1. The Morgan fingerprint density at radius 1 is 1.20 bits per heavy atom. The molecule has 0 atom stereocenters. The molecule has 0 radical (unpaired) electrons. The van der Waals surface area contributed by atoms with Crippen LogP contribution in [0, 0.1) is 0 Å². The maximum Gasteiger partial charge on any atom is 0.196 e. The van der Waals surface area contributed by atoms with Crippen molar-refractivity contribution in [3.63, 3.8) is 0 Å². The predicted molar refractivity (Wildman–Crippen MR) is 121 cm³/mol. The summed E-state index contributed by atoms with van der Waals surface area (Å²) in [7, 11) is 1.66. The minimum absolute atomic E-state index is 0.575. The van der Waals surface area contributed by atoms with Crippen LogP contribution in [0.4, 0.5) is 5.82 Å². The third kappa shape index (κ3) is 3.63. The Hall–Kier alpha value is -2.65. The summed E-state index contributed by atoms with van der Waals surface area (Å²) in [5.41, 5.74) is 8.70. The van der Waals surface area contributed by atoms with Crippen molar-refractivity contribution in [2.45, 2.75) is 43.0 Å². The first-order valence-corrected chi connectivity index (χ1v) is 11.8. The first kappa shape index (κ1) is 19.3. The molecule has 1 aliphatic carbocycles. The summed E-state index contributed by atoms with van der Waals surface area (Å²) >= 11 is 3.32.